The Bertz CT molecular complexity index is 1440. The molecule has 0 bridgehead atoms. The molecule has 36 heavy (non-hydrogen) atoms. The van der Waals surface area contributed by atoms with Crippen molar-refractivity contribution in [1.29, 1.82) is 5.26 Å². The Kier molecular flexibility index (Phi) is 6.25. The minimum Gasteiger partial charge on any atom is -0.329 e. The van der Waals surface area contributed by atoms with Crippen molar-refractivity contribution in [3.63, 3.8) is 0 Å². The van der Waals surface area contributed by atoms with Crippen LogP contribution in [0, 0.1) is 17.1 Å². The average Bonchev–Trinajstić information content (AvgIpc) is 3.23. The van der Waals surface area contributed by atoms with Crippen LogP contribution in [0.5, 0.6) is 0 Å². The van der Waals surface area contributed by atoms with Gasteiger partial charge in [0.25, 0.3) is 5.95 Å². The molecule has 0 saturated carbocycles. The van der Waals surface area contributed by atoms with Gasteiger partial charge in [-0.3, -0.25) is 0 Å². The first-order valence-electron chi connectivity index (χ1n) is 10.1. The van der Waals surface area contributed by atoms with Gasteiger partial charge in [0.2, 0.25) is 0 Å². The molecule has 2 aromatic heterocycles. The first-order valence-corrected chi connectivity index (χ1v) is 10.1. The molecule has 4 rings (SSSR count). The number of anilines is 1. The standard InChI is InChI=1S/C22H14F7N7/c1-35-33-20(32-34-35)36(10-12-4-15(21(24,25)26)7-16(5-12)22(27,28)29)11-14-6-13-2-3-17(23)8-18(13)31-19(14)9-30/h2-8H,10-11H2,1H3. The van der Waals surface area contributed by atoms with E-state index in [1.807, 2.05) is 6.07 Å². The SMILES string of the molecule is Cn1nnc(N(Cc2cc(C(F)(F)F)cc(C(F)(F)F)c2)Cc2cc3ccc(F)cc3nc2C#N)n1. The van der Waals surface area contributed by atoms with E-state index in [9.17, 15) is 36.0 Å². The molecule has 0 N–H and O–H groups in total. The summed E-state index contributed by atoms with van der Waals surface area (Å²) in [5.74, 6) is -0.673. The Morgan fingerprint density at radius 2 is 1.61 bits per heavy atom. The highest BCUT2D eigenvalue weighted by atomic mass is 19.4. The lowest BCUT2D eigenvalue weighted by Crippen LogP contribution is -2.25. The highest BCUT2D eigenvalue weighted by molar-refractivity contribution is 5.80. The molecule has 0 fully saturated rings. The normalized spacial score (nSPS) is 12.1. The first kappa shape index (κ1) is 24.8. The molecule has 14 heteroatoms. The summed E-state index contributed by atoms with van der Waals surface area (Å²) in [6.07, 6.45) is -10.0. The number of halogens is 7. The quantitative estimate of drug-likeness (QED) is 0.352. The van der Waals surface area contributed by atoms with E-state index in [1.165, 1.54) is 30.1 Å². The molecule has 4 aromatic rings. The maximum absolute atomic E-state index is 13.6. The van der Waals surface area contributed by atoms with Crippen LogP contribution < -0.4 is 4.90 Å². The van der Waals surface area contributed by atoms with Gasteiger partial charge in [0.1, 0.15) is 17.6 Å². The lowest BCUT2D eigenvalue weighted by atomic mass is 10.0. The van der Waals surface area contributed by atoms with Crippen LogP contribution in [-0.4, -0.2) is 25.2 Å². The Morgan fingerprint density at radius 3 is 2.17 bits per heavy atom. The van der Waals surface area contributed by atoms with Crippen molar-refractivity contribution in [2.75, 3.05) is 4.90 Å². The summed E-state index contributed by atoms with van der Waals surface area (Å²) in [5.41, 5.74) is -2.89. The van der Waals surface area contributed by atoms with Gasteiger partial charge >= 0.3 is 12.4 Å². The number of nitriles is 1. The lowest BCUT2D eigenvalue weighted by Gasteiger charge is -2.23. The third-order valence-electron chi connectivity index (χ3n) is 5.13. The number of alkyl halides is 6. The van der Waals surface area contributed by atoms with E-state index in [4.69, 9.17) is 0 Å². The van der Waals surface area contributed by atoms with E-state index in [0.29, 0.717) is 17.5 Å². The molecule has 0 aliphatic carbocycles. The molecule has 0 radical (unpaired) electrons. The molecular formula is C22H14F7N7. The highest BCUT2D eigenvalue weighted by Crippen LogP contribution is 2.37. The van der Waals surface area contributed by atoms with E-state index in [-0.39, 0.29) is 40.9 Å². The summed E-state index contributed by atoms with van der Waals surface area (Å²) >= 11 is 0. The second-order valence-electron chi connectivity index (χ2n) is 7.79. The van der Waals surface area contributed by atoms with E-state index in [2.05, 4.69) is 20.4 Å². The van der Waals surface area contributed by atoms with Gasteiger partial charge in [-0.2, -0.15) is 36.4 Å². The fraction of sp³-hybridized carbons (Fsp3) is 0.227. The number of pyridine rings is 1. The van der Waals surface area contributed by atoms with Gasteiger partial charge in [0.05, 0.1) is 23.7 Å². The molecule has 0 atom stereocenters. The maximum Gasteiger partial charge on any atom is 0.416 e. The summed E-state index contributed by atoms with van der Waals surface area (Å²) in [5, 5.41) is 21.5. The van der Waals surface area contributed by atoms with Gasteiger partial charge in [-0.25, -0.2) is 9.37 Å². The maximum atomic E-state index is 13.6. The third kappa shape index (κ3) is 5.35. The minimum absolute atomic E-state index is 0.0363. The number of hydrogen-bond donors (Lipinski definition) is 0. The monoisotopic (exact) mass is 509 g/mol. The van der Waals surface area contributed by atoms with Crippen molar-refractivity contribution in [2.24, 2.45) is 7.05 Å². The summed E-state index contributed by atoms with van der Waals surface area (Å²) in [6, 6.07) is 8.38. The fourth-order valence-electron chi connectivity index (χ4n) is 3.54. The van der Waals surface area contributed by atoms with Crippen LogP contribution in [0.25, 0.3) is 10.9 Å². The van der Waals surface area contributed by atoms with Crippen LogP contribution in [0.15, 0.2) is 42.5 Å². The molecule has 0 amide bonds. The summed E-state index contributed by atoms with van der Waals surface area (Å²) in [6.45, 7) is -0.697. The summed E-state index contributed by atoms with van der Waals surface area (Å²) < 4.78 is 93.6. The van der Waals surface area contributed by atoms with Gasteiger partial charge in [-0.15, -0.1) is 5.10 Å². The molecule has 0 spiro atoms. The molecule has 0 unspecified atom stereocenters. The van der Waals surface area contributed by atoms with Crippen molar-refractivity contribution in [3.8, 4) is 6.07 Å². The second-order valence-corrected chi connectivity index (χ2v) is 7.79. The molecule has 0 aliphatic heterocycles. The van der Waals surface area contributed by atoms with Crippen molar-refractivity contribution in [1.82, 2.24) is 25.2 Å². The van der Waals surface area contributed by atoms with Crippen LogP contribution in [0.4, 0.5) is 36.7 Å². The van der Waals surface area contributed by atoms with Gasteiger partial charge in [-0.1, -0.05) is 5.10 Å². The molecule has 2 heterocycles. The van der Waals surface area contributed by atoms with Gasteiger partial charge in [0, 0.05) is 30.1 Å². The predicted molar refractivity (Wildman–Crippen MR) is 112 cm³/mol. The number of aryl methyl sites for hydroxylation is 1. The number of aromatic nitrogens is 5. The Hall–Kier alpha value is -4.28. The first-order chi connectivity index (χ1) is 16.8. The Labute approximate surface area is 198 Å². The summed E-state index contributed by atoms with van der Waals surface area (Å²) in [4.78, 5) is 6.44. The van der Waals surface area contributed by atoms with Gasteiger partial charge < -0.3 is 4.90 Å². The number of rotatable bonds is 5. The van der Waals surface area contributed by atoms with E-state index < -0.39 is 35.8 Å². The largest absolute Gasteiger partial charge is 0.416 e. The zero-order valence-corrected chi connectivity index (χ0v) is 18.2. The average molecular weight is 509 g/mol. The smallest absolute Gasteiger partial charge is 0.329 e. The van der Waals surface area contributed by atoms with E-state index in [0.717, 1.165) is 10.9 Å². The number of benzene rings is 2. The topological polar surface area (TPSA) is 83.5 Å². The summed E-state index contributed by atoms with van der Waals surface area (Å²) in [7, 11) is 1.42. The van der Waals surface area contributed by atoms with Crippen LogP contribution in [-0.2, 0) is 32.5 Å². The molecule has 2 aromatic carbocycles. The van der Waals surface area contributed by atoms with Crippen LogP contribution in [0.1, 0.15) is 27.9 Å². The zero-order valence-electron chi connectivity index (χ0n) is 18.2. The van der Waals surface area contributed by atoms with E-state index >= 15 is 0 Å². The van der Waals surface area contributed by atoms with Crippen LogP contribution in [0.2, 0.25) is 0 Å². The van der Waals surface area contributed by atoms with E-state index in [1.54, 1.807) is 0 Å². The minimum atomic E-state index is -5.02. The molecule has 7 nitrogen and oxygen atoms in total. The van der Waals surface area contributed by atoms with Gasteiger partial charge in [0.15, 0.2) is 0 Å². The number of hydrogen-bond acceptors (Lipinski definition) is 6. The van der Waals surface area contributed by atoms with Crippen molar-refractivity contribution < 1.29 is 30.7 Å². The van der Waals surface area contributed by atoms with Gasteiger partial charge in [-0.05, 0) is 47.2 Å². The zero-order chi connectivity index (χ0) is 26.3. The van der Waals surface area contributed by atoms with Crippen molar-refractivity contribution in [3.05, 3.63) is 76.2 Å². The highest BCUT2D eigenvalue weighted by Gasteiger charge is 2.37. The molecular weight excluding hydrogens is 495 g/mol. The van der Waals surface area contributed by atoms with Crippen molar-refractivity contribution in [2.45, 2.75) is 25.4 Å². The Morgan fingerprint density at radius 1 is 0.944 bits per heavy atom. The Balaban J connectivity index is 1.79. The van der Waals surface area contributed by atoms with Crippen LogP contribution >= 0.6 is 0 Å². The number of tetrazole rings is 1. The number of fused-ring (bicyclic) bond motifs is 1. The van der Waals surface area contributed by atoms with Crippen LogP contribution in [0.3, 0.4) is 0 Å². The molecule has 0 saturated heterocycles. The van der Waals surface area contributed by atoms with Crippen molar-refractivity contribution >= 4 is 16.9 Å². The molecule has 0 aliphatic rings. The molecule has 186 valence electrons. The lowest BCUT2D eigenvalue weighted by molar-refractivity contribution is -0.143. The second kappa shape index (κ2) is 9.06. The predicted octanol–water partition coefficient (Wildman–Crippen LogP) is 5.01. The number of nitrogens with zero attached hydrogens (tertiary/aromatic N) is 7. The third-order valence-corrected chi connectivity index (χ3v) is 5.13. The fourth-order valence-corrected chi connectivity index (χ4v) is 3.54.